The highest BCUT2D eigenvalue weighted by Crippen LogP contribution is 2.44. The Hall–Kier alpha value is -3.42. The number of ketones is 1. The van der Waals surface area contributed by atoms with Crippen molar-refractivity contribution in [2.24, 2.45) is 0 Å². The minimum absolute atomic E-state index is 0.0136. The highest BCUT2D eigenvalue weighted by Gasteiger charge is 2.24. The lowest BCUT2D eigenvalue weighted by Crippen LogP contribution is -2.10. The van der Waals surface area contributed by atoms with Gasteiger partial charge in [-0.2, -0.15) is 0 Å². The molecule has 0 spiro atoms. The van der Waals surface area contributed by atoms with Crippen LogP contribution in [0.1, 0.15) is 17.5 Å². The number of Topliss-reactive ketones (excluding diaryl/α,β-unsaturated/α-hetero) is 1. The summed E-state index contributed by atoms with van der Waals surface area (Å²) < 4.78 is 25.2. The number of carbonyl (C=O) groups excluding carboxylic acids is 3. The number of carbonyl (C=O) groups is 3. The van der Waals surface area contributed by atoms with Crippen LogP contribution in [0, 0.1) is 0 Å². The molecule has 130 valence electrons. The summed E-state index contributed by atoms with van der Waals surface area (Å²) in [5.74, 6) is -0.166. The molecule has 0 bridgehead atoms. The van der Waals surface area contributed by atoms with E-state index in [-0.39, 0.29) is 34.0 Å². The lowest BCUT2D eigenvalue weighted by Gasteiger charge is -2.12. The van der Waals surface area contributed by atoms with E-state index >= 15 is 0 Å². The topological polar surface area (TPSA) is 101 Å². The van der Waals surface area contributed by atoms with E-state index in [0.717, 1.165) is 0 Å². The Morgan fingerprint density at radius 2 is 1.42 bits per heavy atom. The fraction of sp³-hybridized carbons (Fsp3) is 0.0625. The third-order valence-corrected chi connectivity index (χ3v) is 3.65. The average molecular weight is 354 g/mol. The smallest absolute Gasteiger partial charge is 0.495 e. The molecule has 8 nitrogen and oxygen atoms in total. The van der Waals surface area contributed by atoms with Gasteiger partial charge in [0.2, 0.25) is 0 Å². The van der Waals surface area contributed by atoms with Crippen molar-refractivity contribution < 1.29 is 37.6 Å². The molecule has 0 fully saturated rings. The first-order chi connectivity index (χ1) is 12.5. The maximum atomic E-state index is 11.7. The molecule has 0 N–H and O–H groups in total. The molecule has 0 amide bonds. The van der Waals surface area contributed by atoms with Crippen LogP contribution in [0.3, 0.4) is 0 Å². The molecule has 0 aliphatic carbocycles. The summed E-state index contributed by atoms with van der Waals surface area (Å²) in [6, 6.07) is 8.14. The van der Waals surface area contributed by atoms with Crippen molar-refractivity contribution >= 4 is 55.9 Å². The van der Waals surface area contributed by atoms with Crippen molar-refractivity contribution in [3.8, 4) is 11.5 Å². The van der Waals surface area contributed by atoms with Gasteiger partial charge in [-0.1, -0.05) is 24.3 Å². The van der Waals surface area contributed by atoms with Gasteiger partial charge in [0.15, 0.2) is 28.6 Å². The Labute approximate surface area is 148 Å². The SMILES string of the molecule is BOC(=O)Oc1c2ccccc2c(OC(=O)OB)c2oc(C(C)=O)cc12. The summed E-state index contributed by atoms with van der Waals surface area (Å²) in [4.78, 5) is 35.1. The summed E-state index contributed by atoms with van der Waals surface area (Å²) in [7, 11) is 2.34. The van der Waals surface area contributed by atoms with Crippen LogP contribution in [-0.4, -0.2) is 34.2 Å². The van der Waals surface area contributed by atoms with Gasteiger partial charge in [-0.25, -0.2) is 9.59 Å². The Morgan fingerprint density at radius 1 is 0.885 bits per heavy atom. The number of furan rings is 1. The van der Waals surface area contributed by atoms with Gasteiger partial charge in [-0.15, -0.1) is 0 Å². The normalized spacial score (nSPS) is 10.5. The predicted octanol–water partition coefficient (Wildman–Crippen LogP) is 1.92. The summed E-state index contributed by atoms with van der Waals surface area (Å²) in [6.07, 6.45) is -1.90. The zero-order chi connectivity index (χ0) is 18.8. The number of ether oxygens (including phenoxy) is 2. The van der Waals surface area contributed by atoms with Crippen molar-refractivity contribution in [2.75, 3.05) is 0 Å². The van der Waals surface area contributed by atoms with Crippen LogP contribution in [0.15, 0.2) is 34.7 Å². The molecule has 3 aromatic rings. The monoisotopic (exact) mass is 354 g/mol. The van der Waals surface area contributed by atoms with Crippen LogP contribution in [0.4, 0.5) is 9.59 Å². The fourth-order valence-corrected chi connectivity index (χ4v) is 2.51. The van der Waals surface area contributed by atoms with E-state index in [1.807, 2.05) is 0 Å². The quantitative estimate of drug-likeness (QED) is 0.304. The standard InChI is InChI=1S/C16H12B2O8/c1-7(19)11-6-10-12(23-15(20)25-17)8-4-2-3-5-9(8)13(14(10)22-11)24-16(21)26-18/h2-6H,17-18H2,1H3. The second-order valence-corrected chi connectivity index (χ2v) is 5.23. The molecule has 0 radical (unpaired) electrons. The number of hydrogen-bond acceptors (Lipinski definition) is 8. The molecule has 0 aliphatic heterocycles. The van der Waals surface area contributed by atoms with Gasteiger partial charge in [0.25, 0.3) is 0 Å². The van der Waals surface area contributed by atoms with Gasteiger partial charge in [-0.3, -0.25) is 4.79 Å². The maximum absolute atomic E-state index is 11.7. The van der Waals surface area contributed by atoms with E-state index in [4.69, 9.17) is 13.9 Å². The van der Waals surface area contributed by atoms with E-state index in [1.54, 1.807) is 24.3 Å². The third-order valence-electron chi connectivity index (χ3n) is 3.65. The van der Waals surface area contributed by atoms with Crippen LogP contribution >= 0.6 is 0 Å². The lowest BCUT2D eigenvalue weighted by atomic mass is 10.1. The lowest BCUT2D eigenvalue weighted by molar-refractivity contribution is 0.0989. The molecule has 1 aromatic heterocycles. The van der Waals surface area contributed by atoms with E-state index in [2.05, 4.69) is 9.31 Å². The van der Waals surface area contributed by atoms with Gasteiger partial charge in [0, 0.05) is 17.7 Å². The Balaban J connectivity index is 2.40. The summed E-state index contributed by atoms with van der Waals surface area (Å²) in [5, 5.41) is 1.16. The number of benzene rings is 2. The zero-order valence-corrected chi connectivity index (χ0v) is 14.2. The van der Waals surface area contributed by atoms with Crippen molar-refractivity contribution in [1.29, 1.82) is 0 Å². The Kier molecular flexibility index (Phi) is 4.57. The fourth-order valence-electron chi connectivity index (χ4n) is 2.51. The predicted molar refractivity (Wildman–Crippen MR) is 95.0 cm³/mol. The first-order valence-corrected chi connectivity index (χ1v) is 7.47. The van der Waals surface area contributed by atoms with Gasteiger partial charge in [-0.05, 0) is 6.07 Å². The molecule has 0 saturated heterocycles. The second-order valence-electron chi connectivity index (χ2n) is 5.23. The van der Waals surface area contributed by atoms with Gasteiger partial charge >= 0.3 is 28.4 Å². The molecular formula is C16H12B2O8. The van der Waals surface area contributed by atoms with Crippen LogP contribution < -0.4 is 9.47 Å². The first kappa shape index (κ1) is 17.4. The minimum atomic E-state index is -0.959. The van der Waals surface area contributed by atoms with E-state index < -0.39 is 12.3 Å². The minimum Gasteiger partial charge on any atom is -0.513 e. The summed E-state index contributed by atoms with van der Waals surface area (Å²) in [5.41, 5.74) is 0.0678. The van der Waals surface area contributed by atoms with Gasteiger partial charge < -0.3 is 23.2 Å². The van der Waals surface area contributed by atoms with Gasteiger partial charge in [0.1, 0.15) is 0 Å². The largest absolute Gasteiger partial charge is 0.513 e. The van der Waals surface area contributed by atoms with Crippen molar-refractivity contribution in [3.63, 3.8) is 0 Å². The maximum Gasteiger partial charge on any atom is 0.495 e. The van der Waals surface area contributed by atoms with Crippen LogP contribution in [-0.2, 0) is 9.31 Å². The van der Waals surface area contributed by atoms with Gasteiger partial charge in [0.05, 0.1) is 5.39 Å². The zero-order valence-electron chi connectivity index (χ0n) is 14.2. The molecule has 0 saturated carbocycles. The molecule has 0 aliphatic rings. The third kappa shape index (κ3) is 2.97. The number of fused-ring (bicyclic) bond motifs is 2. The Bertz CT molecular complexity index is 965. The molecule has 0 unspecified atom stereocenters. The molecule has 3 rings (SSSR count). The van der Waals surface area contributed by atoms with Crippen molar-refractivity contribution in [2.45, 2.75) is 6.92 Å². The van der Waals surface area contributed by atoms with E-state index in [0.29, 0.717) is 10.8 Å². The molecule has 2 aromatic carbocycles. The molecule has 1 heterocycles. The highest BCUT2D eigenvalue weighted by atomic mass is 16.7. The summed E-state index contributed by atoms with van der Waals surface area (Å²) in [6.45, 7) is 1.32. The summed E-state index contributed by atoms with van der Waals surface area (Å²) >= 11 is 0. The highest BCUT2D eigenvalue weighted by molar-refractivity contribution is 6.13. The van der Waals surface area contributed by atoms with E-state index in [9.17, 15) is 14.4 Å². The molecular weight excluding hydrogens is 342 g/mol. The van der Waals surface area contributed by atoms with E-state index in [1.165, 1.54) is 29.1 Å². The van der Waals surface area contributed by atoms with Crippen molar-refractivity contribution in [3.05, 3.63) is 36.1 Å². The molecule has 26 heavy (non-hydrogen) atoms. The molecule has 0 atom stereocenters. The van der Waals surface area contributed by atoms with Crippen LogP contribution in [0.5, 0.6) is 11.5 Å². The molecule has 10 heteroatoms. The van der Waals surface area contributed by atoms with Crippen LogP contribution in [0.25, 0.3) is 21.7 Å². The number of hydrogen-bond donors (Lipinski definition) is 0. The van der Waals surface area contributed by atoms with Crippen molar-refractivity contribution in [1.82, 2.24) is 0 Å². The number of rotatable bonds is 3. The first-order valence-electron chi connectivity index (χ1n) is 7.47. The van der Waals surface area contributed by atoms with Crippen LogP contribution in [0.2, 0.25) is 0 Å². The Morgan fingerprint density at radius 3 is 1.96 bits per heavy atom. The average Bonchev–Trinajstić information content (AvgIpc) is 3.09. The second kappa shape index (κ2) is 6.83.